The second-order valence-electron chi connectivity index (χ2n) is 5.12. The Hall–Kier alpha value is -0.260. The van der Waals surface area contributed by atoms with Gasteiger partial charge in [-0.15, -0.1) is 0 Å². The summed E-state index contributed by atoms with van der Waals surface area (Å²) in [4.78, 5) is 4.61. The number of amidine groups is 1. The van der Waals surface area contributed by atoms with Crippen LogP contribution in [0.3, 0.4) is 0 Å². The van der Waals surface area contributed by atoms with Crippen LogP contribution in [-0.2, 0) is 9.47 Å². The number of nitrogens with one attached hydrogen (secondary N) is 1. The van der Waals surface area contributed by atoms with Gasteiger partial charge in [-0.1, -0.05) is 38.5 Å². The van der Waals surface area contributed by atoms with Crippen LogP contribution in [0.2, 0.25) is 0 Å². The van der Waals surface area contributed by atoms with E-state index in [0.29, 0.717) is 18.5 Å². The summed E-state index contributed by atoms with van der Waals surface area (Å²) < 4.78 is 10.4. The summed E-state index contributed by atoms with van der Waals surface area (Å²) in [7, 11) is 1.70. The molecule has 1 N–H and O–H groups in total. The maximum atomic E-state index is 5.44. The molecule has 0 aliphatic carbocycles. The Balaban J connectivity index is 1.98. The Labute approximate surface area is 128 Å². The highest BCUT2D eigenvalue weighted by Gasteiger charge is 2.25. The van der Waals surface area contributed by atoms with E-state index < -0.39 is 0 Å². The van der Waals surface area contributed by atoms with Crippen molar-refractivity contribution < 1.29 is 9.47 Å². The number of rotatable bonds is 11. The highest BCUT2D eigenvalue weighted by Crippen LogP contribution is 2.30. The molecule has 0 bridgehead atoms. The first-order valence-electron chi connectivity index (χ1n) is 7.83. The smallest absolute Gasteiger partial charge is 0.156 e. The van der Waals surface area contributed by atoms with Gasteiger partial charge in [0.25, 0.3) is 0 Å². The van der Waals surface area contributed by atoms with E-state index >= 15 is 0 Å². The molecule has 0 spiro atoms. The van der Waals surface area contributed by atoms with Crippen LogP contribution < -0.4 is 5.32 Å². The predicted octanol–water partition coefficient (Wildman–Crippen LogP) is 2.93. The topological polar surface area (TPSA) is 42.9 Å². The molecule has 0 aromatic rings. The van der Waals surface area contributed by atoms with Crippen LogP contribution in [0.15, 0.2) is 4.99 Å². The van der Waals surface area contributed by atoms with E-state index in [1.54, 1.807) is 7.11 Å². The van der Waals surface area contributed by atoms with E-state index in [-0.39, 0.29) is 0 Å². The van der Waals surface area contributed by atoms with Crippen LogP contribution in [0.1, 0.15) is 39.5 Å². The van der Waals surface area contributed by atoms with Gasteiger partial charge in [0.05, 0.1) is 19.8 Å². The SMILES string of the molecule is CCC(CC)C1CN=C(NCCCCOCCOC)S1. The zero-order chi connectivity index (χ0) is 14.6. The van der Waals surface area contributed by atoms with Gasteiger partial charge in [0, 0.05) is 25.5 Å². The van der Waals surface area contributed by atoms with Gasteiger partial charge in [-0.05, 0) is 18.8 Å². The molecule has 5 heteroatoms. The van der Waals surface area contributed by atoms with Crippen LogP contribution in [0.4, 0.5) is 0 Å². The van der Waals surface area contributed by atoms with Crippen LogP contribution in [0.5, 0.6) is 0 Å². The molecule has 0 aromatic carbocycles. The van der Waals surface area contributed by atoms with Crippen LogP contribution >= 0.6 is 11.8 Å². The molecule has 1 heterocycles. The monoisotopic (exact) mass is 302 g/mol. The van der Waals surface area contributed by atoms with E-state index in [0.717, 1.165) is 43.6 Å². The molecule has 20 heavy (non-hydrogen) atoms. The van der Waals surface area contributed by atoms with Gasteiger partial charge in [0.1, 0.15) is 0 Å². The zero-order valence-corrected chi connectivity index (χ0v) is 14.0. The first-order valence-corrected chi connectivity index (χ1v) is 8.71. The van der Waals surface area contributed by atoms with E-state index in [9.17, 15) is 0 Å². The molecule has 0 aromatic heterocycles. The van der Waals surface area contributed by atoms with Crippen LogP contribution in [0.25, 0.3) is 0 Å². The lowest BCUT2D eigenvalue weighted by Crippen LogP contribution is -2.22. The number of hydrogen-bond acceptors (Lipinski definition) is 5. The number of ether oxygens (including phenoxy) is 2. The van der Waals surface area contributed by atoms with Crippen molar-refractivity contribution in [3.8, 4) is 0 Å². The molecule has 0 fully saturated rings. The number of thioether (sulfide) groups is 1. The number of hydrogen-bond donors (Lipinski definition) is 1. The standard InChI is InChI=1S/C15H30N2O2S/c1-4-13(5-2)14-12-17-15(20-14)16-8-6-7-9-19-11-10-18-3/h13-14H,4-12H2,1-3H3,(H,16,17). The fourth-order valence-corrected chi connectivity index (χ4v) is 3.66. The Bertz CT molecular complexity index is 271. The summed E-state index contributed by atoms with van der Waals surface area (Å²) >= 11 is 1.93. The van der Waals surface area contributed by atoms with Crippen molar-refractivity contribution in [2.24, 2.45) is 10.9 Å². The molecule has 0 amide bonds. The number of aliphatic imine (C=N–C) groups is 1. The van der Waals surface area contributed by atoms with E-state index in [1.165, 1.54) is 12.8 Å². The molecule has 1 atom stereocenters. The molecular weight excluding hydrogens is 272 g/mol. The summed E-state index contributed by atoms with van der Waals surface area (Å²) in [6.45, 7) is 8.75. The van der Waals surface area contributed by atoms with Gasteiger partial charge >= 0.3 is 0 Å². The van der Waals surface area contributed by atoms with Gasteiger partial charge in [-0.25, -0.2) is 0 Å². The van der Waals surface area contributed by atoms with Crippen LogP contribution in [0, 0.1) is 5.92 Å². The minimum Gasteiger partial charge on any atom is -0.382 e. The Morgan fingerprint density at radius 2 is 2.05 bits per heavy atom. The third-order valence-electron chi connectivity index (χ3n) is 3.68. The largest absolute Gasteiger partial charge is 0.382 e. The maximum absolute atomic E-state index is 5.44. The molecule has 4 nitrogen and oxygen atoms in total. The lowest BCUT2D eigenvalue weighted by Gasteiger charge is -2.18. The molecule has 0 saturated heterocycles. The second kappa shape index (κ2) is 11.4. The first-order chi connectivity index (χ1) is 9.81. The third-order valence-corrected chi connectivity index (χ3v) is 5.01. The van der Waals surface area contributed by atoms with E-state index in [4.69, 9.17) is 9.47 Å². The van der Waals surface area contributed by atoms with Crippen molar-refractivity contribution in [2.75, 3.05) is 40.0 Å². The van der Waals surface area contributed by atoms with Crippen molar-refractivity contribution in [1.82, 2.24) is 5.32 Å². The number of methoxy groups -OCH3 is 1. The minimum atomic E-state index is 0.684. The zero-order valence-electron chi connectivity index (χ0n) is 13.2. The molecule has 1 unspecified atom stereocenters. The summed E-state index contributed by atoms with van der Waals surface area (Å²) in [5, 5.41) is 5.28. The Morgan fingerprint density at radius 1 is 1.25 bits per heavy atom. The molecule has 118 valence electrons. The normalized spacial score (nSPS) is 18.6. The van der Waals surface area contributed by atoms with Crippen molar-refractivity contribution in [3.63, 3.8) is 0 Å². The van der Waals surface area contributed by atoms with Gasteiger partial charge < -0.3 is 14.8 Å². The van der Waals surface area contributed by atoms with Gasteiger partial charge in [-0.3, -0.25) is 4.99 Å². The third kappa shape index (κ3) is 6.95. The fraction of sp³-hybridized carbons (Fsp3) is 0.933. The summed E-state index contributed by atoms with van der Waals surface area (Å²) in [6.07, 6.45) is 4.73. The minimum absolute atomic E-state index is 0.684. The lowest BCUT2D eigenvalue weighted by molar-refractivity contribution is 0.0689. The predicted molar refractivity (Wildman–Crippen MR) is 87.7 cm³/mol. The highest BCUT2D eigenvalue weighted by molar-refractivity contribution is 8.14. The average Bonchev–Trinajstić information content (AvgIpc) is 2.92. The molecular formula is C15H30N2O2S. The fourth-order valence-electron chi connectivity index (χ4n) is 2.32. The summed E-state index contributed by atoms with van der Waals surface area (Å²) in [6, 6.07) is 0. The highest BCUT2D eigenvalue weighted by atomic mass is 32.2. The van der Waals surface area contributed by atoms with E-state index in [2.05, 4.69) is 24.2 Å². The van der Waals surface area contributed by atoms with Gasteiger partial charge in [0.2, 0.25) is 0 Å². The quantitative estimate of drug-likeness (QED) is 0.596. The van der Waals surface area contributed by atoms with Crippen molar-refractivity contribution in [1.29, 1.82) is 0 Å². The first kappa shape index (κ1) is 17.8. The summed E-state index contributed by atoms with van der Waals surface area (Å²) in [5.74, 6) is 0.803. The molecule has 1 aliphatic rings. The molecule has 1 aliphatic heterocycles. The molecule has 0 radical (unpaired) electrons. The average molecular weight is 302 g/mol. The van der Waals surface area contributed by atoms with Crippen molar-refractivity contribution in [2.45, 2.75) is 44.8 Å². The van der Waals surface area contributed by atoms with Crippen LogP contribution in [-0.4, -0.2) is 50.4 Å². The molecule has 1 rings (SSSR count). The van der Waals surface area contributed by atoms with Gasteiger partial charge in [0.15, 0.2) is 5.17 Å². The van der Waals surface area contributed by atoms with Crippen molar-refractivity contribution in [3.05, 3.63) is 0 Å². The summed E-state index contributed by atoms with van der Waals surface area (Å²) in [5.41, 5.74) is 0. The van der Waals surface area contributed by atoms with E-state index in [1.807, 2.05) is 11.8 Å². The maximum Gasteiger partial charge on any atom is 0.156 e. The van der Waals surface area contributed by atoms with Gasteiger partial charge in [-0.2, -0.15) is 0 Å². The Morgan fingerprint density at radius 3 is 2.75 bits per heavy atom. The number of nitrogens with zero attached hydrogens (tertiary/aromatic N) is 1. The Kier molecular flexibility index (Phi) is 10.1. The lowest BCUT2D eigenvalue weighted by atomic mass is 9.99. The second-order valence-corrected chi connectivity index (χ2v) is 6.35. The van der Waals surface area contributed by atoms with Crippen molar-refractivity contribution >= 4 is 16.9 Å². The number of unbranched alkanes of at least 4 members (excludes halogenated alkanes) is 1. The molecule has 0 saturated carbocycles.